The normalized spacial score (nSPS) is 24.0. The van der Waals surface area contributed by atoms with Gasteiger partial charge < -0.3 is 5.32 Å². The Labute approximate surface area is 68.2 Å². The molecule has 0 atom stereocenters. The second-order valence-electron chi connectivity index (χ2n) is 3.25. The van der Waals surface area contributed by atoms with E-state index >= 15 is 0 Å². The molecule has 1 heteroatoms. The Morgan fingerprint density at radius 3 is 3.09 bits per heavy atom. The van der Waals surface area contributed by atoms with E-state index in [1.165, 1.54) is 43.4 Å². The van der Waals surface area contributed by atoms with Crippen molar-refractivity contribution in [1.82, 2.24) is 5.32 Å². The smallest absolute Gasteiger partial charge is 0.0337 e. The highest BCUT2D eigenvalue weighted by atomic mass is 14.9. The Balaban J connectivity index is 2.17. The lowest BCUT2D eigenvalue weighted by atomic mass is 10.1. The summed E-state index contributed by atoms with van der Waals surface area (Å²) in [5, 5.41) is 3.42. The van der Waals surface area contributed by atoms with Crippen molar-refractivity contribution in [1.29, 1.82) is 0 Å². The van der Waals surface area contributed by atoms with Crippen LogP contribution in [0.4, 0.5) is 0 Å². The number of allylic oxidation sites excluding steroid dienone is 3. The molecule has 0 spiro atoms. The highest BCUT2D eigenvalue weighted by Crippen LogP contribution is 2.23. The first-order chi connectivity index (χ1) is 5.47. The van der Waals surface area contributed by atoms with Gasteiger partial charge >= 0.3 is 0 Å². The monoisotopic (exact) mass is 148 g/mol. The summed E-state index contributed by atoms with van der Waals surface area (Å²) >= 11 is 0. The molecule has 1 radical (unpaired) electrons. The Kier molecular flexibility index (Phi) is 1.97. The molecule has 1 N–H and O–H groups in total. The molecule has 0 fully saturated rings. The lowest BCUT2D eigenvalue weighted by Gasteiger charge is -2.14. The first-order valence-corrected chi connectivity index (χ1v) is 4.51. The van der Waals surface area contributed by atoms with Gasteiger partial charge in [0.15, 0.2) is 0 Å². The van der Waals surface area contributed by atoms with E-state index in [0.29, 0.717) is 0 Å². The van der Waals surface area contributed by atoms with Crippen molar-refractivity contribution in [2.45, 2.75) is 32.1 Å². The van der Waals surface area contributed by atoms with Gasteiger partial charge in [0.05, 0.1) is 0 Å². The van der Waals surface area contributed by atoms with Gasteiger partial charge in [-0.15, -0.1) is 0 Å². The molecule has 1 aliphatic carbocycles. The fourth-order valence-electron chi connectivity index (χ4n) is 1.78. The SMILES string of the molecule is [C]1=CCNC2=C1CCCCC2. The maximum absolute atomic E-state index is 3.42. The van der Waals surface area contributed by atoms with E-state index < -0.39 is 0 Å². The van der Waals surface area contributed by atoms with E-state index in [-0.39, 0.29) is 0 Å². The quantitative estimate of drug-likeness (QED) is 0.555. The summed E-state index contributed by atoms with van der Waals surface area (Å²) in [7, 11) is 0. The molecular formula is C10H14N. The molecule has 1 heterocycles. The number of dihydropyridines is 1. The van der Waals surface area contributed by atoms with Crippen molar-refractivity contribution < 1.29 is 0 Å². The van der Waals surface area contributed by atoms with E-state index in [4.69, 9.17) is 0 Å². The highest BCUT2D eigenvalue weighted by Gasteiger charge is 2.10. The number of hydrogen-bond acceptors (Lipinski definition) is 1. The standard InChI is InChI=1S/C10H14N/c1-2-5-9-6-4-8-11-10(9)7-3-1/h4,11H,1-3,5,7-8H2. The van der Waals surface area contributed by atoms with Crippen LogP contribution >= 0.6 is 0 Å². The van der Waals surface area contributed by atoms with Gasteiger partial charge in [-0.05, 0) is 37.3 Å². The number of nitrogens with one attached hydrogen (secondary N) is 1. The van der Waals surface area contributed by atoms with Gasteiger partial charge in [-0.3, -0.25) is 0 Å². The van der Waals surface area contributed by atoms with Crippen LogP contribution in [0, 0.1) is 6.08 Å². The fourth-order valence-corrected chi connectivity index (χ4v) is 1.78. The van der Waals surface area contributed by atoms with Crippen LogP contribution in [0.5, 0.6) is 0 Å². The molecule has 0 aromatic carbocycles. The summed E-state index contributed by atoms with van der Waals surface area (Å²) in [4.78, 5) is 0. The van der Waals surface area contributed by atoms with Crippen LogP contribution < -0.4 is 5.32 Å². The van der Waals surface area contributed by atoms with Crippen LogP contribution in [0.15, 0.2) is 17.3 Å². The molecule has 0 unspecified atom stereocenters. The minimum atomic E-state index is 0.985. The van der Waals surface area contributed by atoms with Gasteiger partial charge in [-0.1, -0.05) is 12.5 Å². The summed E-state index contributed by atoms with van der Waals surface area (Å²) in [5.41, 5.74) is 2.90. The van der Waals surface area contributed by atoms with Gasteiger partial charge in [0, 0.05) is 12.2 Å². The zero-order chi connectivity index (χ0) is 7.52. The van der Waals surface area contributed by atoms with Gasteiger partial charge in [0.25, 0.3) is 0 Å². The first-order valence-electron chi connectivity index (χ1n) is 4.51. The Bertz CT molecular complexity index is 201. The summed E-state index contributed by atoms with van der Waals surface area (Å²) in [6.45, 7) is 0.985. The van der Waals surface area contributed by atoms with Gasteiger partial charge in [0.1, 0.15) is 0 Å². The van der Waals surface area contributed by atoms with Crippen molar-refractivity contribution in [3.05, 3.63) is 23.4 Å². The van der Waals surface area contributed by atoms with Gasteiger partial charge in [-0.25, -0.2) is 0 Å². The molecule has 59 valence electrons. The summed E-state index contributed by atoms with van der Waals surface area (Å²) < 4.78 is 0. The number of rotatable bonds is 0. The van der Waals surface area contributed by atoms with Crippen molar-refractivity contribution in [2.75, 3.05) is 6.54 Å². The average Bonchev–Trinajstić information content (AvgIpc) is 2.28. The highest BCUT2D eigenvalue weighted by molar-refractivity contribution is 5.24. The van der Waals surface area contributed by atoms with Crippen LogP contribution in [0.2, 0.25) is 0 Å². The van der Waals surface area contributed by atoms with Crippen LogP contribution in [0.3, 0.4) is 0 Å². The van der Waals surface area contributed by atoms with Crippen molar-refractivity contribution in [3.63, 3.8) is 0 Å². The van der Waals surface area contributed by atoms with Gasteiger partial charge in [0.2, 0.25) is 0 Å². The van der Waals surface area contributed by atoms with E-state index in [1.54, 1.807) is 0 Å². The van der Waals surface area contributed by atoms with Crippen LogP contribution in [-0.2, 0) is 0 Å². The van der Waals surface area contributed by atoms with E-state index in [2.05, 4.69) is 17.5 Å². The molecule has 2 aliphatic rings. The van der Waals surface area contributed by atoms with Crippen molar-refractivity contribution >= 4 is 0 Å². The molecule has 2 rings (SSSR count). The Morgan fingerprint density at radius 1 is 1.18 bits per heavy atom. The predicted molar refractivity (Wildman–Crippen MR) is 45.9 cm³/mol. The zero-order valence-electron chi connectivity index (χ0n) is 6.82. The second-order valence-corrected chi connectivity index (χ2v) is 3.25. The third-order valence-corrected chi connectivity index (χ3v) is 2.41. The van der Waals surface area contributed by atoms with E-state index in [0.717, 1.165) is 6.54 Å². The minimum absolute atomic E-state index is 0.985. The van der Waals surface area contributed by atoms with Gasteiger partial charge in [-0.2, -0.15) is 0 Å². The molecule has 0 bridgehead atoms. The summed E-state index contributed by atoms with van der Waals surface area (Å²) in [5.74, 6) is 0. The summed E-state index contributed by atoms with van der Waals surface area (Å²) in [6.07, 6.45) is 12.0. The molecule has 0 saturated carbocycles. The maximum atomic E-state index is 3.42. The predicted octanol–water partition coefficient (Wildman–Crippen LogP) is 2.17. The second kappa shape index (κ2) is 3.12. The lowest BCUT2D eigenvalue weighted by molar-refractivity contribution is 0.694. The molecule has 11 heavy (non-hydrogen) atoms. The Hall–Kier alpha value is -0.720. The van der Waals surface area contributed by atoms with E-state index in [9.17, 15) is 0 Å². The fraction of sp³-hybridized carbons (Fsp3) is 0.600. The van der Waals surface area contributed by atoms with Crippen molar-refractivity contribution in [2.24, 2.45) is 0 Å². The average molecular weight is 148 g/mol. The van der Waals surface area contributed by atoms with Crippen LogP contribution in [-0.4, -0.2) is 6.54 Å². The molecular weight excluding hydrogens is 134 g/mol. The first kappa shape index (κ1) is 6.96. The topological polar surface area (TPSA) is 12.0 Å². The lowest BCUT2D eigenvalue weighted by Crippen LogP contribution is -2.17. The molecule has 0 amide bonds. The minimum Gasteiger partial charge on any atom is -0.385 e. The van der Waals surface area contributed by atoms with E-state index in [1.807, 2.05) is 0 Å². The van der Waals surface area contributed by atoms with Crippen LogP contribution in [0.25, 0.3) is 0 Å². The molecule has 1 nitrogen and oxygen atoms in total. The third-order valence-electron chi connectivity index (χ3n) is 2.41. The molecule has 0 saturated heterocycles. The summed E-state index contributed by atoms with van der Waals surface area (Å²) in [6, 6.07) is 0. The zero-order valence-corrected chi connectivity index (χ0v) is 6.82. The molecule has 1 aliphatic heterocycles. The Morgan fingerprint density at radius 2 is 2.09 bits per heavy atom. The number of hydrogen-bond donors (Lipinski definition) is 1. The third kappa shape index (κ3) is 1.47. The maximum Gasteiger partial charge on any atom is 0.0337 e. The molecule has 0 aromatic heterocycles. The molecule has 0 aromatic rings. The van der Waals surface area contributed by atoms with Crippen molar-refractivity contribution in [3.8, 4) is 0 Å². The largest absolute Gasteiger partial charge is 0.385 e. The van der Waals surface area contributed by atoms with Crippen LogP contribution in [0.1, 0.15) is 32.1 Å².